The van der Waals surface area contributed by atoms with Crippen LogP contribution in [0.1, 0.15) is 34.7 Å². The quantitative estimate of drug-likeness (QED) is 0.240. The molecule has 3 heterocycles. The zero-order valence-corrected chi connectivity index (χ0v) is 29.1. The molecule has 0 N–H and O–H groups in total. The summed E-state index contributed by atoms with van der Waals surface area (Å²) in [6.07, 6.45) is -12.4. The molecule has 5 rings (SSSR count). The van der Waals surface area contributed by atoms with Crippen LogP contribution in [0.2, 0.25) is 0 Å². The van der Waals surface area contributed by atoms with Crippen molar-refractivity contribution in [3.63, 3.8) is 0 Å². The summed E-state index contributed by atoms with van der Waals surface area (Å²) in [5.41, 5.74) is -4.32. The normalized spacial score (nSPS) is 16.6. The van der Waals surface area contributed by atoms with Crippen LogP contribution < -0.4 is 49.4 Å². The number of nitrogens with zero attached hydrogens (tertiary/aromatic N) is 6. The third-order valence-electron chi connectivity index (χ3n) is 7.82. The number of carbonyl (C=O) groups is 1. The van der Waals surface area contributed by atoms with Gasteiger partial charge in [0.1, 0.15) is 12.6 Å². The van der Waals surface area contributed by atoms with Crippen LogP contribution in [0.3, 0.4) is 0 Å². The van der Waals surface area contributed by atoms with Crippen molar-refractivity contribution in [1.82, 2.24) is 9.97 Å². The maximum Gasteiger partial charge on any atom is 1.00 e. The largest absolute Gasteiger partial charge is 1.00 e. The van der Waals surface area contributed by atoms with Gasteiger partial charge in [0.15, 0.2) is 0 Å². The van der Waals surface area contributed by atoms with Crippen molar-refractivity contribution in [3.8, 4) is 0 Å². The fraction of sp³-hybridized carbons (Fsp3) is 0.419. The minimum Gasteiger partial charge on any atom is -0.548 e. The van der Waals surface area contributed by atoms with Gasteiger partial charge in [-0.2, -0.15) is 39.5 Å². The summed E-state index contributed by atoms with van der Waals surface area (Å²) in [7, 11) is 0. The molecule has 0 saturated carbocycles. The number of hydrogen-bond donors (Lipinski definition) is 0. The third kappa shape index (κ3) is 9.75. The first-order valence-electron chi connectivity index (χ1n) is 15.0. The zero-order chi connectivity index (χ0) is 36.4. The van der Waals surface area contributed by atoms with Crippen LogP contribution in [0, 0.1) is 0 Å². The van der Waals surface area contributed by atoms with E-state index in [0.717, 1.165) is 23.1 Å². The standard InChI is InChI=1S/C31H29F9N6O4.Na/c1-2-46(28-43-24(17-50-28)26(47)48)25-4-3-20(29(32,33)34)11-19(25)16-45(27-41-13-23(14-42-27)44-5-7-49-8-6-44)15-18-9-21(30(35,36)37)12-22(10-18)31(38,39)40;/h3-4,9-14,24H,2,5-8,15-17H2,1H3,(H,47,48);/q;+1/p-1/t24-;/m0./s1. The topological polar surface area (TPSA) is 106 Å². The summed E-state index contributed by atoms with van der Waals surface area (Å²) >= 11 is 0. The number of anilines is 3. The van der Waals surface area contributed by atoms with Crippen LogP contribution in [-0.2, 0) is 45.9 Å². The monoisotopic (exact) mass is 742 g/mol. The molecule has 2 aliphatic heterocycles. The van der Waals surface area contributed by atoms with E-state index in [1.165, 1.54) is 17.3 Å². The van der Waals surface area contributed by atoms with Gasteiger partial charge in [-0.15, -0.1) is 0 Å². The summed E-state index contributed by atoms with van der Waals surface area (Å²) < 4.78 is 135. The molecule has 3 aromatic rings. The van der Waals surface area contributed by atoms with Gasteiger partial charge in [-0.3, -0.25) is 4.90 Å². The summed E-state index contributed by atoms with van der Waals surface area (Å²) in [5, 5.41) is 11.4. The summed E-state index contributed by atoms with van der Waals surface area (Å²) in [5.74, 6) is -1.77. The van der Waals surface area contributed by atoms with Crippen molar-refractivity contribution in [1.29, 1.82) is 0 Å². The van der Waals surface area contributed by atoms with E-state index in [4.69, 9.17) is 9.47 Å². The summed E-state index contributed by atoms with van der Waals surface area (Å²) in [4.78, 5) is 28.2. The van der Waals surface area contributed by atoms with E-state index in [2.05, 4.69) is 15.0 Å². The van der Waals surface area contributed by atoms with Gasteiger partial charge < -0.3 is 29.2 Å². The molecule has 0 amide bonds. The van der Waals surface area contributed by atoms with Crippen molar-refractivity contribution >= 4 is 29.3 Å². The first-order valence-corrected chi connectivity index (χ1v) is 15.0. The summed E-state index contributed by atoms with van der Waals surface area (Å²) in [6, 6.07) is 1.94. The fourth-order valence-electron chi connectivity index (χ4n) is 5.39. The van der Waals surface area contributed by atoms with Crippen LogP contribution in [0.4, 0.5) is 56.8 Å². The smallest absolute Gasteiger partial charge is 0.548 e. The number of alkyl halides is 9. The van der Waals surface area contributed by atoms with Gasteiger partial charge in [0.25, 0.3) is 6.02 Å². The van der Waals surface area contributed by atoms with Gasteiger partial charge in [-0.05, 0) is 54.4 Å². The van der Waals surface area contributed by atoms with E-state index in [1.807, 2.05) is 4.90 Å². The second-order valence-corrected chi connectivity index (χ2v) is 11.3. The molecule has 270 valence electrons. The molecule has 10 nitrogen and oxygen atoms in total. The minimum atomic E-state index is -5.15. The number of amidine groups is 1. The Morgan fingerprint density at radius 3 is 1.98 bits per heavy atom. The number of carbonyl (C=O) groups excluding carboxylic acids is 1. The SMILES string of the molecule is CCN(C1=N[C@H](C(=O)[O-])CO1)c1ccc(C(F)(F)F)cc1CN(Cc1cc(C(F)(F)F)cc(C(F)(F)F)c1)c1ncc(N2CCOCC2)cn1.[Na+]. The number of halogens is 9. The number of hydrogen-bond acceptors (Lipinski definition) is 10. The van der Waals surface area contributed by atoms with Crippen molar-refractivity contribution in [2.24, 2.45) is 4.99 Å². The molecule has 0 aliphatic carbocycles. The second-order valence-electron chi connectivity index (χ2n) is 11.3. The average Bonchev–Trinajstić information content (AvgIpc) is 3.55. The number of carboxylic acid groups (broad SMARTS) is 1. The van der Waals surface area contributed by atoms with Crippen LogP contribution in [0.25, 0.3) is 0 Å². The van der Waals surface area contributed by atoms with Crippen molar-refractivity contribution < 1.29 is 88.4 Å². The van der Waals surface area contributed by atoms with E-state index < -0.39 is 72.5 Å². The molecule has 0 radical (unpaired) electrons. The molecule has 2 aliphatic rings. The van der Waals surface area contributed by atoms with Gasteiger partial charge in [0.2, 0.25) is 5.95 Å². The van der Waals surface area contributed by atoms with Crippen LogP contribution >= 0.6 is 0 Å². The molecule has 1 atom stereocenters. The molecule has 1 aromatic heterocycles. The molecule has 0 unspecified atom stereocenters. The molecular formula is C31H28F9N6NaO4. The van der Waals surface area contributed by atoms with Gasteiger partial charge >= 0.3 is 48.1 Å². The second kappa shape index (κ2) is 15.8. The van der Waals surface area contributed by atoms with Gasteiger partial charge in [-0.1, -0.05) is 0 Å². The Bertz CT molecular complexity index is 1680. The number of benzene rings is 2. The molecule has 2 aromatic carbocycles. The number of ether oxygens (including phenoxy) is 2. The zero-order valence-electron chi connectivity index (χ0n) is 27.1. The Labute approximate surface area is 307 Å². The number of aliphatic carboxylic acids is 1. The summed E-state index contributed by atoms with van der Waals surface area (Å²) in [6.45, 7) is 1.71. The van der Waals surface area contributed by atoms with E-state index in [1.54, 1.807) is 6.92 Å². The number of aromatic nitrogens is 2. The third-order valence-corrected chi connectivity index (χ3v) is 7.82. The Morgan fingerprint density at radius 2 is 1.47 bits per heavy atom. The Morgan fingerprint density at radius 1 is 0.882 bits per heavy atom. The van der Waals surface area contributed by atoms with Gasteiger partial charge in [0.05, 0.1) is 59.6 Å². The van der Waals surface area contributed by atoms with Crippen LogP contribution in [0.15, 0.2) is 53.8 Å². The van der Waals surface area contributed by atoms with Crippen molar-refractivity contribution in [3.05, 3.63) is 76.6 Å². The van der Waals surface area contributed by atoms with Crippen molar-refractivity contribution in [2.75, 3.05) is 54.2 Å². The first-order chi connectivity index (χ1) is 23.4. The predicted octanol–water partition coefficient (Wildman–Crippen LogP) is 1.91. The molecule has 0 spiro atoms. The molecule has 20 heteroatoms. The van der Waals surface area contributed by atoms with E-state index >= 15 is 0 Å². The van der Waals surface area contributed by atoms with Gasteiger partial charge in [-0.25, -0.2) is 15.0 Å². The van der Waals surface area contributed by atoms with Crippen LogP contribution in [-0.4, -0.2) is 67.5 Å². The molecule has 1 fully saturated rings. The van der Waals surface area contributed by atoms with Crippen LogP contribution in [0.5, 0.6) is 0 Å². The predicted molar refractivity (Wildman–Crippen MR) is 158 cm³/mol. The number of rotatable bonds is 9. The molecule has 51 heavy (non-hydrogen) atoms. The maximum atomic E-state index is 14.0. The molecular weight excluding hydrogens is 714 g/mol. The van der Waals surface area contributed by atoms with Gasteiger partial charge in [0, 0.05) is 32.7 Å². The van der Waals surface area contributed by atoms with E-state index in [-0.39, 0.29) is 65.4 Å². The number of carboxylic acids is 1. The Kier molecular flexibility index (Phi) is 12.4. The first kappa shape index (κ1) is 40.0. The van der Waals surface area contributed by atoms with Crippen molar-refractivity contribution in [2.45, 2.75) is 44.6 Å². The Balaban J connectivity index is 0.00000583. The number of morpholine rings is 1. The molecule has 0 bridgehead atoms. The van der Waals surface area contributed by atoms with E-state index in [0.29, 0.717) is 44.1 Å². The average molecular weight is 743 g/mol. The number of aliphatic imine (C=N–C) groups is 1. The fourth-order valence-corrected chi connectivity index (χ4v) is 5.39. The van der Waals surface area contributed by atoms with E-state index in [9.17, 15) is 49.4 Å². The Hall–Kier alpha value is -3.81. The molecule has 1 saturated heterocycles. The minimum absolute atomic E-state index is 0. The maximum absolute atomic E-state index is 14.0.